The molecule has 104 valence electrons. The maximum Gasteiger partial charge on any atom is 0.255 e. The van der Waals surface area contributed by atoms with Crippen LogP contribution in [0.25, 0.3) is 0 Å². The molecule has 2 rings (SSSR count). The molecule has 0 radical (unpaired) electrons. The average Bonchev–Trinajstić information content (AvgIpc) is 2.48. The first-order valence-electron chi connectivity index (χ1n) is 6.86. The van der Waals surface area contributed by atoms with Crippen molar-refractivity contribution in [1.82, 2.24) is 0 Å². The molecule has 0 aliphatic rings. The standard InChI is InChI=1S/C17H19NO2/c1-3-13-8-10-15(11-9-13)18-17(19)14-6-5-7-16(12-14)20-4-2/h5-12H,3-4H2,1-2H3,(H,18,19). The highest BCUT2D eigenvalue weighted by Gasteiger charge is 2.07. The van der Waals surface area contributed by atoms with Crippen molar-refractivity contribution in [2.45, 2.75) is 20.3 Å². The SMILES string of the molecule is CCOc1cccc(C(=O)Nc2ccc(CC)cc2)c1. The molecule has 0 heterocycles. The molecule has 0 aromatic heterocycles. The number of ether oxygens (including phenoxy) is 1. The van der Waals surface area contributed by atoms with Crippen LogP contribution in [-0.2, 0) is 6.42 Å². The minimum absolute atomic E-state index is 0.129. The Labute approximate surface area is 119 Å². The van der Waals surface area contributed by atoms with Crippen LogP contribution in [0, 0.1) is 0 Å². The lowest BCUT2D eigenvalue weighted by Gasteiger charge is -2.08. The molecule has 3 heteroatoms. The van der Waals surface area contributed by atoms with Crippen molar-refractivity contribution in [1.29, 1.82) is 0 Å². The van der Waals surface area contributed by atoms with Gasteiger partial charge in [-0.3, -0.25) is 4.79 Å². The fourth-order valence-corrected chi connectivity index (χ4v) is 1.92. The summed E-state index contributed by atoms with van der Waals surface area (Å²) in [6, 6.07) is 15.1. The number of carbonyl (C=O) groups is 1. The van der Waals surface area contributed by atoms with Crippen molar-refractivity contribution in [3.8, 4) is 5.75 Å². The van der Waals surface area contributed by atoms with E-state index in [0.29, 0.717) is 17.9 Å². The van der Waals surface area contributed by atoms with E-state index in [-0.39, 0.29) is 5.91 Å². The summed E-state index contributed by atoms with van der Waals surface area (Å²) in [6.45, 7) is 4.61. The molecule has 20 heavy (non-hydrogen) atoms. The molecule has 2 aromatic carbocycles. The quantitative estimate of drug-likeness (QED) is 0.894. The fourth-order valence-electron chi connectivity index (χ4n) is 1.92. The molecule has 0 spiro atoms. The zero-order valence-corrected chi connectivity index (χ0v) is 11.8. The van der Waals surface area contributed by atoms with Crippen molar-refractivity contribution in [2.24, 2.45) is 0 Å². The lowest BCUT2D eigenvalue weighted by atomic mass is 10.1. The molecule has 0 saturated heterocycles. The third-order valence-corrected chi connectivity index (χ3v) is 3.03. The van der Waals surface area contributed by atoms with Crippen molar-refractivity contribution in [2.75, 3.05) is 11.9 Å². The van der Waals surface area contributed by atoms with E-state index in [0.717, 1.165) is 12.1 Å². The van der Waals surface area contributed by atoms with E-state index >= 15 is 0 Å². The molecule has 0 aliphatic heterocycles. The molecule has 2 aromatic rings. The lowest BCUT2D eigenvalue weighted by molar-refractivity contribution is 0.102. The van der Waals surface area contributed by atoms with Gasteiger partial charge in [-0.1, -0.05) is 25.1 Å². The molecule has 0 atom stereocenters. The average molecular weight is 269 g/mol. The zero-order valence-electron chi connectivity index (χ0n) is 11.8. The van der Waals surface area contributed by atoms with Gasteiger partial charge < -0.3 is 10.1 Å². The molecule has 3 nitrogen and oxygen atoms in total. The van der Waals surface area contributed by atoms with Gasteiger partial charge in [0.25, 0.3) is 5.91 Å². The highest BCUT2D eigenvalue weighted by Crippen LogP contribution is 2.16. The number of rotatable bonds is 5. The van der Waals surface area contributed by atoms with E-state index in [1.54, 1.807) is 12.1 Å². The molecule has 0 unspecified atom stereocenters. The molecule has 1 N–H and O–H groups in total. The monoisotopic (exact) mass is 269 g/mol. The van der Waals surface area contributed by atoms with Crippen LogP contribution in [0.1, 0.15) is 29.8 Å². The predicted octanol–water partition coefficient (Wildman–Crippen LogP) is 3.90. The topological polar surface area (TPSA) is 38.3 Å². The molecule has 0 aliphatic carbocycles. The second-order valence-electron chi connectivity index (χ2n) is 4.47. The number of amides is 1. The fraction of sp³-hybridized carbons (Fsp3) is 0.235. The Bertz CT molecular complexity index is 576. The van der Waals surface area contributed by atoms with Crippen molar-refractivity contribution < 1.29 is 9.53 Å². The van der Waals surface area contributed by atoms with Gasteiger partial charge in [-0.25, -0.2) is 0 Å². The van der Waals surface area contributed by atoms with E-state index in [1.807, 2.05) is 43.3 Å². The Balaban J connectivity index is 2.08. The van der Waals surface area contributed by atoms with Gasteiger partial charge in [-0.15, -0.1) is 0 Å². The van der Waals surface area contributed by atoms with Crippen molar-refractivity contribution in [3.05, 3.63) is 59.7 Å². The van der Waals surface area contributed by atoms with Crippen LogP contribution in [0.2, 0.25) is 0 Å². The summed E-state index contributed by atoms with van der Waals surface area (Å²) in [6.07, 6.45) is 0.991. The number of hydrogen-bond donors (Lipinski definition) is 1. The Morgan fingerprint density at radius 1 is 1.10 bits per heavy atom. The van der Waals surface area contributed by atoms with E-state index < -0.39 is 0 Å². The number of aryl methyl sites for hydroxylation is 1. The Hall–Kier alpha value is -2.29. The van der Waals surface area contributed by atoms with Gasteiger partial charge in [0.2, 0.25) is 0 Å². The Morgan fingerprint density at radius 2 is 1.85 bits per heavy atom. The van der Waals surface area contributed by atoms with Crippen molar-refractivity contribution >= 4 is 11.6 Å². The minimum Gasteiger partial charge on any atom is -0.494 e. The highest BCUT2D eigenvalue weighted by molar-refractivity contribution is 6.04. The van der Waals surface area contributed by atoms with Crippen LogP contribution in [0.15, 0.2) is 48.5 Å². The van der Waals surface area contributed by atoms with Crippen molar-refractivity contribution in [3.63, 3.8) is 0 Å². The third-order valence-electron chi connectivity index (χ3n) is 3.03. The van der Waals surface area contributed by atoms with Gasteiger partial charge in [-0.05, 0) is 49.2 Å². The summed E-state index contributed by atoms with van der Waals surface area (Å²) in [4.78, 5) is 12.2. The van der Waals surface area contributed by atoms with Crippen LogP contribution >= 0.6 is 0 Å². The summed E-state index contributed by atoms with van der Waals surface area (Å²) in [5.41, 5.74) is 2.64. The third kappa shape index (κ3) is 3.60. The number of anilines is 1. The minimum atomic E-state index is -0.129. The lowest BCUT2D eigenvalue weighted by Crippen LogP contribution is -2.12. The van der Waals surface area contributed by atoms with E-state index in [1.165, 1.54) is 5.56 Å². The smallest absolute Gasteiger partial charge is 0.255 e. The first kappa shape index (κ1) is 14.1. The molecular weight excluding hydrogens is 250 g/mol. The highest BCUT2D eigenvalue weighted by atomic mass is 16.5. The first-order chi connectivity index (χ1) is 9.72. The molecular formula is C17H19NO2. The van der Waals surface area contributed by atoms with Crippen LogP contribution in [0.5, 0.6) is 5.75 Å². The van der Waals surface area contributed by atoms with Crippen LogP contribution < -0.4 is 10.1 Å². The number of benzene rings is 2. The van der Waals surface area contributed by atoms with Gasteiger partial charge in [0.1, 0.15) is 5.75 Å². The summed E-state index contributed by atoms with van der Waals surface area (Å²) >= 11 is 0. The first-order valence-corrected chi connectivity index (χ1v) is 6.86. The van der Waals surface area contributed by atoms with Crippen LogP contribution in [-0.4, -0.2) is 12.5 Å². The summed E-state index contributed by atoms with van der Waals surface area (Å²) in [7, 11) is 0. The zero-order chi connectivity index (χ0) is 14.4. The van der Waals surface area contributed by atoms with Crippen LogP contribution in [0.3, 0.4) is 0 Å². The molecule has 0 bridgehead atoms. The summed E-state index contributed by atoms with van der Waals surface area (Å²) < 4.78 is 5.40. The predicted molar refractivity (Wildman–Crippen MR) is 81.4 cm³/mol. The summed E-state index contributed by atoms with van der Waals surface area (Å²) in [5.74, 6) is 0.581. The second kappa shape index (κ2) is 6.75. The van der Waals surface area contributed by atoms with Gasteiger partial charge >= 0.3 is 0 Å². The number of carbonyl (C=O) groups excluding carboxylic acids is 1. The second-order valence-corrected chi connectivity index (χ2v) is 4.47. The number of nitrogens with one attached hydrogen (secondary N) is 1. The molecule has 0 fully saturated rings. The largest absolute Gasteiger partial charge is 0.494 e. The van der Waals surface area contributed by atoms with Gasteiger partial charge in [0.15, 0.2) is 0 Å². The maximum absolute atomic E-state index is 12.2. The van der Waals surface area contributed by atoms with Gasteiger partial charge in [0.05, 0.1) is 6.61 Å². The molecule has 1 amide bonds. The van der Waals surface area contributed by atoms with Gasteiger partial charge in [-0.2, -0.15) is 0 Å². The van der Waals surface area contributed by atoms with Crippen LogP contribution in [0.4, 0.5) is 5.69 Å². The number of hydrogen-bond acceptors (Lipinski definition) is 2. The van der Waals surface area contributed by atoms with E-state index in [4.69, 9.17) is 4.74 Å². The Kier molecular flexibility index (Phi) is 4.77. The normalized spacial score (nSPS) is 10.1. The Morgan fingerprint density at radius 3 is 2.50 bits per heavy atom. The summed E-state index contributed by atoms with van der Waals surface area (Å²) in [5, 5.41) is 2.88. The van der Waals surface area contributed by atoms with E-state index in [2.05, 4.69) is 12.2 Å². The van der Waals surface area contributed by atoms with E-state index in [9.17, 15) is 4.79 Å². The van der Waals surface area contributed by atoms with Gasteiger partial charge in [0, 0.05) is 11.3 Å². The molecule has 0 saturated carbocycles. The maximum atomic E-state index is 12.2.